The van der Waals surface area contributed by atoms with Crippen LogP contribution in [0.25, 0.3) is 0 Å². The van der Waals surface area contributed by atoms with Gasteiger partial charge < -0.3 is 10.0 Å². The zero-order valence-corrected chi connectivity index (χ0v) is 26.2. The molecule has 2 aliphatic heterocycles. The van der Waals surface area contributed by atoms with Gasteiger partial charge >= 0.3 is 6.03 Å². The van der Waals surface area contributed by atoms with E-state index in [1.165, 1.54) is 32.8 Å². The second kappa shape index (κ2) is 12.9. The van der Waals surface area contributed by atoms with Gasteiger partial charge in [0.2, 0.25) is 5.91 Å². The van der Waals surface area contributed by atoms with E-state index < -0.39 is 6.03 Å². The zero-order valence-electron chi connectivity index (χ0n) is 26.2. The minimum absolute atomic E-state index is 0.249. The molecule has 3 heterocycles. The Labute approximate surface area is 269 Å². The van der Waals surface area contributed by atoms with Crippen molar-refractivity contribution in [3.8, 4) is 5.75 Å². The number of carbonyl (C=O) groups excluding carboxylic acids is 2. The number of hydrogen-bond donors (Lipinski definition) is 2. The molecular formula is C37H40N6O3. The molecule has 7 rings (SSSR count). The fraction of sp³-hybridized carbons (Fsp3) is 0.351. The Bertz CT molecular complexity index is 1690. The van der Waals surface area contributed by atoms with Crippen LogP contribution < -0.4 is 15.1 Å². The monoisotopic (exact) mass is 616 g/mol. The molecule has 2 fully saturated rings. The highest BCUT2D eigenvalue weighted by Gasteiger charge is 2.32. The Morgan fingerprint density at radius 3 is 2.35 bits per heavy atom. The molecule has 0 bridgehead atoms. The molecule has 0 radical (unpaired) electrons. The second-order valence-corrected chi connectivity index (χ2v) is 12.8. The Morgan fingerprint density at radius 1 is 0.848 bits per heavy atom. The van der Waals surface area contributed by atoms with Crippen LogP contribution in [0.2, 0.25) is 0 Å². The lowest BCUT2D eigenvalue weighted by atomic mass is 9.69. The largest absolute Gasteiger partial charge is 0.508 e. The van der Waals surface area contributed by atoms with E-state index >= 15 is 0 Å². The first kappa shape index (κ1) is 29.9. The number of hydrogen-bond acceptors (Lipinski definition) is 7. The molecule has 1 aromatic heterocycles. The predicted octanol–water partition coefficient (Wildman–Crippen LogP) is 5.59. The quantitative estimate of drug-likeness (QED) is 0.279. The van der Waals surface area contributed by atoms with Gasteiger partial charge in [-0.25, -0.2) is 4.79 Å². The Morgan fingerprint density at radius 2 is 1.63 bits per heavy atom. The van der Waals surface area contributed by atoms with Crippen molar-refractivity contribution < 1.29 is 14.7 Å². The first-order chi connectivity index (χ1) is 22.4. The summed E-state index contributed by atoms with van der Waals surface area (Å²) >= 11 is 0. The summed E-state index contributed by atoms with van der Waals surface area (Å²) in [5, 5.41) is 21.1. The molecule has 3 aliphatic rings. The van der Waals surface area contributed by atoms with E-state index in [2.05, 4.69) is 93.0 Å². The van der Waals surface area contributed by atoms with Crippen molar-refractivity contribution in [2.75, 3.05) is 36.5 Å². The predicted molar refractivity (Wildman–Crippen MR) is 178 cm³/mol. The van der Waals surface area contributed by atoms with Crippen molar-refractivity contribution in [1.29, 1.82) is 0 Å². The summed E-state index contributed by atoms with van der Waals surface area (Å²) in [6, 6.07) is 29.6. The highest BCUT2D eigenvalue weighted by atomic mass is 16.3. The number of phenols is 1. The number of carbonyl (C=O) groups is 2. The normalized spacial score (nSPS) is 20.5. The van der Waals surface area contributed by atoms with Gasteiger partial charge in [0.15, 0.2) is 5.82 Å². The highest BCUT2D eigenvalue weighted by Crippen LogP contribution is 2.47. The third kappa shape index (κ3) is 6.20. The smallest absolute Gasteiger partial charge is 0.329 e. The van der Waals surface area contributed by atoms with Crippen LogP contribution in [-0.2, 0) is 17.8 Å². The van der Waals surface area contributed by atoms with Gasteiger partial charge in [-0.05, 0) is 97.3 Å². The maximum absolute atomic E-state index is 12.1. The number of aromatic nitrogens is 2. The molecule has 3 amide bonds. The van der Waals surface area contributed by atoms with Gasteiger partial charge in [0.1, 0.15) is 5.75 Å². The van der Waals surface area contributed by atoms with E-state index in [0.717, 1.165) is 44.5 Å². The topological polar surface area (TPSA) is 102 Å². The number of aromatic hydroxyl groups is 1. The van der Waals surface area contributed by atoms with Gasteiger partial charge in [-0.1, -0.05) is 48.5 Å². The number of anilines is 2. The van der Waals surface area contributed by atoms with Crippen LogP contribution in [0.1, 0.15) is 65.5 Å². The number of fused-ring (bicyclic) bond motifs is 1. The molecule has 2 unspecified atom stereocenters. The summed E-state index contributed by atoms with van der Waals surface area (Å²) in [5.74, 6) is 1.18. The van der Waals surface area contributed by atoms with Gasteiger partial charge in [0.05, 0.1) is 5.69 Å². The molecule has 9 heteroatoms. The van der Waals surface area contributed by atoms with E-state index in [4.69, 9.17) is 0 Å². The Balaban J connectivity index is 0.984. The van der Waals surface area contributed by atoms with Gasteiger partial charge in [0, 0.05) is 50.2 Å². The van der Waals surface area contributed by atoms with Gasteiger partial charge in [-0.2, -0.15) is 5.10 Å². The number of benzene rings is 3. The van der Waals surface area contributed by atoms with Crippen LogP contribution >= 0.6 is 0 Å². The number of rotatable bonds is 7. The van der Waals surface area contributed by atoms with Gasteiger partial charge in [-0.15, -0.1) is 5.10 Å². The van der Waals surface area contributed by atoms with E-state index in [9.17, 15) is 14.7 Å². The van der Waals surface area contributed by atoms with E-state index in [1.54, 1.807) is 6.07 Å². The SMILES string of the molecule is CN(Cc1ccc(N2CCC(=O)NC2=O)nn1)C1CCN(c2ccc(C3c4ccc(O)cc4CCC3c3ccccc3)cc2)CC1. The lowest BCUT2D eigenvalue weighted by Gasteiger charge is -2.38. The number of urea groups is 1. The maximum atomic E-state index is 12.1. The minimum atomic E-state index is -0.450. The number of imide groups is 1. The number of nitrogens with zero attached hydrogens (tertiary/aromatic N) is 5. The van der Waals surface area contributed by atoms with E-state index in [1.807, 2.05) is 18.2 Å². The molecule has 9 nitrogen and oxygen atoms in total. The lowest BCUT2D eigenvalue weighted by molar-refractivity contribution is -0.120. The lowest BCUT2D eigenvalue weighted by Crippen LogP contribution is -2.50. The van der Waals surface area contributed by atoms with Crippen molar-refractivity contribution >= 4 is 23.4 Å². The molecule has 1 aliphatic carbocycles. The van der Waals surface area contributed by atoms with E-state index in [0.29, 0.717) is 36.6 Å². The van der Waals surface area contributed by atoms with E-state index in [-0.39, 0.29) is 18.2 Å². The minimum Gasteiger partial charge on any atom is -0.508 e. The number of nitrogens with one attached hydrogen (secondary N) is 1. The molecule has 2 atom stereocenters. The third-order valence-corrected chi connectivity index (χ3v) is 9.97. The van der Waals surface area contributed by atoms with Crippen molar-refractivity contribution in [3.63, 3.8) is 0 Å². The van der Waals surface area contributed by atoms with Crippen LogP contribution in [-0.4, -0.2) is 64.9 Å². The molecule has 0 saturated carbocycles. The number of amides is 3. The maximum Gasteiger partial charge on any atom is 0.329 e. The number of phenolic OH excluding ortho intramolecular Hbond substituents is 1. The molecule has 2 N–H and O–H groups in total. The molecule has 3 aromatic carbocycles. The average molecular weight is 617 g/mol. The van der Waals surface area contributed by atoms with Crippen molar-refractivity contribution in [2.45, 2.75) is 56.5 Å². The van der Waals surface area contributed by atoms with Crippen LogP contribution in [0.15, 0.2) is 84.9 Å². The highest BCUT2D eigenvalue weighted by molar-refractivity contribution is 6.05. The van der Waals surface area contributed by atoms with Gasteiger partial charge in [0.25, 0.3) is 0 Å². The first-order valence-electron chi connectivity index (χ1n) is 16.3. The first-order valence-corrected chi connectivity index (χ1v) is 16.3. The summed E-state index contributed by atoms with van der Waals surface area (Å²) in [5.41, 5.74) is 7.37. The summed E-state index contributed by atoms with van der Waals surface area (Å²) in [6.07, 6.45) is 4.40. The molecular weight excluding hydrogens is 576 g/mol. The fourth-order valence-corrected chi connectivity index (χ4v) is 7.48. The van der Waals surface area contributed by atoms with Crippen molar-refractivity contribution in [3.05, 3.63) is 113 Å². The molecule has 236 valence electrons. The third-order valence-electron chi connectivity index (χ3n) is 9.97. The Hall–Kier alpha value is -4.76. The zero-order chi connectivity index (χ0) is 31.6. The fourth-order valence-electron chi connectivity index (χ4n) is 7.48. The summed E-state index contributed by atoms with van der Waals surface area (Å²) in [6.45, 7) is 2.97. The molecule has 2 saturated heterocycles. The number of piperidine rings is 1. The van der Waals surface area contributed by atoms with Crippen LogP contribution in [0.3, 0.4) is 0 Å². The Kier molecular flexibility index (Phi) is 8.41. The summed E-state index contributed by atoms with van der Waals surface area (Å²) in [4.78, 5) is 29.8. The van der Waals surface area contributed by atoms with Crippen LogP contribution in [0.5, 0.6) is 5.75 Å². The summed E-state index contributed by atoms with van der Waals surface area (Å²) < 4.78 is 0. The summed E-state index contributed by atoms with van der Waals surface area (Å²) in [7, 11) is 2.14. The standard InChI is InChI=1S/C37H40N6O3/c1-41(24-28-10-16-34(40-39-28)43-22-19-35(45)38-37(43)46)29-17-20-42(21-18-29)30-11-7-26(8-12-30)36-32(25-5-3-2-4-6-25)14-9-27-23-31(44)13-15-33(27)36/h2-8,10-13,15-16,23,29,32,36,44H,9,14,17-22,24H2,1H3,(H,38,45,46). The molecule has 0 spiro atoms. The average Bonchev–Trinajstić information content (AvgIpc) is 3.09. The molecule has 4 aromatic rings. The molecule has 46 heavy (non-hydrogen) atoms. The second-order valence-electron chi connectivity index (χ2n) is 12.8. The van der Waals surface area contributed by atoms with Crippen LogP contribution in [0.4, 0.5) is 16.3 Å². The van der Waals surface area contributed by atoms with Gasteiger partial charge in [-0.3, -0.25) is 19.9 Å². The van der Waals surface area contributed by atoms with Crippen molar-refractivity contribution in [2.24, 2.45) is 0 Å². The van der Waals surface area contributed by atoms with Crippen molar-refractivity contribution in [1.82, 2.24) is 20.4 Å². The number of aryl methyl sites for hydroxylation is 1. The van der Waals surface area contributed by atoms with Crippen LogP contribution in [0, 0.1) is 0 Å².